The maximum Gasteiger partial charge on any atom is 0.223 e. The quantitative estimate of drug-likeness (QED) is 0.746. The molecule has 1 heterocycles. The predicted octanol–water partition coefficient (Wildman–Crippen LogP) is 1.76. The van der Waals surface area contributed by atoms with E-state index in [0.29, 0.717) is 23.6 Å². The van der Waals surface area contributed by atoms with Crippen LogP contribution in [0.3, 0.4) is 0 Å². The van der Waals surface area contributed by atoms with Crippen molar-refractivity contribution in [1.29, 1.82) is 0 Å². The summed E-state index contributed by atoms with van der Waals surface area (Å²) in [6.45, 7) is 8.82. The Morgan fingerprint density at radius 2 is 1.86 bits per heavy atom. The summed E-state index contributed by atoms with van der Waals surface area (Å²) in [5.74, 6) is 0.332. The molecule has 2 atom stereocenters. The molecule has 1 aliphatic heterocycles. The zero-order valence-corrected chi connectivity index (χ0v) is 14.7. The van der Waals surface area contributed by atoms with Gasteiger partial charge in [0.1, 0.15) is 0 Å². The van der Waals surface area contributed by atoms with Crippen LogP contribution < -0.4 is 0 Å². The summed E-state index contributed by atoms with van der Waals surface area (Å²) in [6.07, 6.45) is 6.58. The van der Waals surface area contributed by atoms with E-state index in [-0.39, 0.29) is 0 Å². The molecular weight excluding hydrogens is 282 g/mol. The number of thioether (sulfide) groups is 1. The minimum absolute atomic E-state index is 0.332. The number of hydrogen-bond acceptors (Lipinski definition) is 4. The lowest BCUT2D eigenvalue weighted by atomic mass is 10.2. The van der Waals surface area contributed by atoms with Crippen LogP contribution in [0.15, 0.2) is 0 Å². The van der Waals surface area contributed by atoms with E-state index < -0.39 is 0 Å². The summed E-state index contributed by atoms with van der Waals surface area (Å²) < 4.78 is 0. The molecule has 0 aromatic carbocycles. The lowest BCUT2D eigenvalue weighted by Gasteiger charge is -2.34. The highest BCUT2D eigenvalue weighted by molar-refractivity contribution is 7.99. The van der Waals surface area contributed by atoms with Crippen LogP contribution in [-0.2, 0) is 4.79 Å². The van der Waals surface area contributed by atoms with E-state index in [1.54, 1.807) is 0 Å². The van der Waals surface area contributed by atoms with Crippen LogP contribution >= 0.6 is 11.8 Å². The molecule has 0 aromatic rings. The monoisotopic (exact) mass is 313 g/mol. The van der Waals surface area contributed by atoms with Gasteiger partial charge in [0.05, 0.1) is 0 Å². The first-order chi connectivity index (χ1) is 10.2. The van der Waals surface area contributed by atoms with Crippen molar-refractivity contribution in [3.63, 3.8) is 0 Å². The highest BCUT2D eigenvalue weighted by Crippen LogP contribution is 2.31. The van der Waals surface area contributed by atoms with Crippen molar-refractivity contribution in [2.24, 2.45) is 0 Å². The predicted molar refractivity (Wildman–Crippen MR) is 90.9 cm³/mol. The van der Waals surface area contributed by atoms with E-state index in [2.05, 4.69) is 23.0 Å². The van der Waals surface area contributed by atoms with Gasteiger partial charge in [-0.1, -0.05) is 13.3 Å². The molecule has 2 aliphatic rings. The molecule has 21 heavy (non-hydrogen) atoms. The molecule has 1 saturated carbocycles. The number of rotatable bonds is 6. The molecule has 1 amide bonds. The van der Waals surface area contributed by atoms with Crippen molar-refractivity contribution < 1.29 is 4.79 Å². The van der Waals surface area contributed by atoms with Gasteiger partial charge in [0.2, 0.25) is 5.91 Å². The fraction of sp³-hybridized carbons (Fsp3) is 0.938. The standard InChI is InChI=1S/C16H31N3OS/c1-4-18-10-12-19(13-11-18)9-8-16(20)17(2)14-6-5-7-15(14)21-3/h14-15H,4-13H2,1-3H3/t14-,15-/m1/s1. The largest absolute Gasteiger partial charge is 0.342 e. The molecule has 1 aliphatic carbocycles. The maximum atomic E-state index is 12.4. The summed E-state index contributed by atoms with van der Waals surface area (Å²) in [6, 6.07) is 0.462. The molecule has 2 rings (SSSR count). The zero-order chi connectivity index (χ0) is 15.2. The van der Waals surface area contributed by atoms with Gasteiger partial charge >= 0.3 is 0 Å². The first-order valence-corrected chi connectivity index (χ1v) is 9.67. The molecule has 5 heteroatoms. The SMILES string of the molecule is CCN1CCN(CCC(=O)N(C)[C@@H]2CCC[C@H]2SC)CC1. The number of piperazine rings is 1. The molecule has 2 fully saturated rings. The third kappa shape index (κ3) is 4.60. The van der Waals surface area contributed by atoms with Crippen molar-refractivity contribution in [3.05, 3.63) is 0 Å². The van der Waals surface area contributed by atoms with E-state index in [1.807, 2.05) is 23.7 Å². The number of hydrogen-bond donors (Lipinski definition) is 0. The molecule has 1 saturated heterocycles. The first-order valence-electron chi connectivity index (χ1n) is 8.38. The molecule has 0 radical (unpaired) electrons. The second-order valence-corrected chi connectivity index (χ2v) is 7.38. The van der Waals surface area contributed by atoms with Crippen molar-refractivity contribution >= 4 is 17.7 Å². The van der Waals surface area contributed by atoms with E-state index >= 15 is 0 Å². The second-order valence-electron chi connectivity index (χ2n) is 6.30. The Morgan fingerprint density at radius 1 is 1.19 bits per heavy atom. The van der Waals surface area contributed by atoms with Crippen LogP contribution in [0.5, 0.6) is 0 Å². The van der Waals surface area contributed by atoms with Crippen LogP contribution in [0.25, 0.3) is 0 Å². The van der Waals surface area contributed by atoms with E-state index in [1.165, 1.54) is 19.3 Å². The number of nitrogens with zero attached hydrogens (tertiary/aromatic N) is 3. The Morgan fingerprint density at radius 3 is 2.48 bits per heavy atom. The van der Waals surface area contributed by atoms with Crippen LogP contribution in [0.1, 0.15) is 32.6 Å². The van der Waals surface area contributed by atoms with E-state index in [0.717, 1.165) is 39.3 Å². The number of carbonyl (C=O) groups is 1. The second kappa shape index (κ2) is 8.39. The van der Waals surface area contributed by atoms with Crippen molar-refractivity contribution in [1.82, 2.24) is 14.7 Å². The molecule has 0 aromatic heterocycles. The fourth-order valence-electron chi connectivity index (χ4n) is 3.57. The fourth-order valence-corrected chi connectivity index (χ4v) is 4.60. The average molecular weight is 314 g/mol. The maximum absolute atomic E-state index is 12.4. The van der Waals surface area contributed by atoms with Gasteiger partial charge in [-0.05, 0) is 25.6 Å². The van der Waals surface area contributed by atoms with Crippen LogP contribution in [0.4, 0.5) is 0 Å². The minimum atomic E-state index is 0.332. The molecule has 0 bridgehead atoms. The van der Waals surface area contributed by atoms with Crippen molar-refractivity contribution in [2.45, 2.75) is 43.9 Å². The lowest BCUT2D eigenvalue weighted by Crippen LogP contribution is -2.47. The molecule has 4 nitrogen and oxygen atoms in total. The number of carbonyl (C=O) groups excluding carboxylic acids is 1. The summed E-state index contributed by atoms with van der Waals surface area (Å²) in [5.41, 5.74) is 0. The van der Waals surface area contributed by atoms with Crippen LogP contribution in [-0.4, -0.2) is 84.5 Å². The zero-order valence-electron chi connectivity index (χ0n) is 13.9. The van der Waals surface area contributed by atoms with E-state index in [4.69, 9.17) is 0 Å². The van der Waals surface area contributed by atoms with Crippen molar-refractivity contribution in [2.75, 3.05) is 52.6 Å². The molecule has 0 N–H and O–H groups in total. The van der Waals surface area contributed by atoms with E-state index in [9.17, 15) is 4.79 Å². The normalized spacial score (nSPS) is 28.0. The summed E-state index contributed by atoms with van der Waals surface area (Å²) >= 11 is 1.93. The summed E-state index contributed by atoms with van der Waals surface area (Å²) in [4.78, 5) is 19.4. The van der Waals surface area contributed by atoms with Gasteiger partial charge in [0, 0.05) is 57.5 Å². The topological polar surface area (TPSA) is 26.8 Å². The molecule has 0 spiro atoms. The van der Waals surface area contributed by atoms with Gasteiger partial charge < -0.3 is 14.7 Å². The average Bonchev–Trinajstić information content (AvgIpc) is 3.00. The molecular formula is C16H31N3OS. The van der Waals surface area contributed by atoms with Gasteiger partial charge in [0.25, 0.3) is 0 Å². The van der Waals surface area contributed by atoms with Gasteiger partial charge in [-0.3, -0.25) is 4.79 Å². The van der Waals surface area contributed by atoms with Gasteiger partial charge in [0.15, 0.2) is 0 Å². The number of amides is 1. The Kier molecular flexibility index (Phi) is 6.83. The first kappa shape index (κ1) is 17.1. The Labute approximate surface area is 134 Å². The Hall–Kier alpha value is -0.260. The van der Waals surface area contributed by atoms with Gasteiger partial charge in [-0.2, -0.15) is 11.8 Å². The third-order valence-electron chi connectivity index (χ3n) is 5.17. The summed E-state index contributed by atoms with van der Waals surface area (Å²) in [5, 5.41) is 0.645. The van der Waals surface area contributed by atoms with Crippen LogP contribution in [0, 0.1) is 0 Å². The highest BCUT2D eigenvalue weighted by Gasteiger charge is 2.32. The number of likely N-dealkylation sites (N-methyl/N-ethyl adjacent to an activating group) is 1. The lowest BCUT2D eigenvalue weighted by molar-refractivity contribution is -0.132. The Balaban J connectivity index is 1.72. The molecule has 122 valence electrons. The minimum Gasteiger partial charge on any atom is -0.342 e. The third-order valence-corrected chi connectivity index (χ3v) is 6.32. The van der Waals surface area contributed by atoms with Gasteiger partial charge in [-0.15, -0.1) is 0 Å². The summed E-state index contributed by atoms with van der Waals surface area (Å²) in [7, 11) is 2.01. The van der Waals surface area contributed by atoms with Crippen molar-refractivity contribution in [3.8, 4) is 0 Å². The Bertz CT molecular complexity index is 331. The van der Waals surface area contributed by atoms with Crippen LogP contribution in [0.2, 0.25) is 0 Å². The van der Waals surface area contributed by atoms with Gasteiger partial charge in [-0.25, -0.2) is 0 Å². The smallest absolute Gasteiger partial charge is 0.223 e. The molecule has 0 unspecified atom stereocenters. The highest BCUT2D eigenvalue weighted by atomic mass is 32.2.